The van der Waals surface area contributed by atoms with Crippen LogP contribution in [0.15, 0.2) is 0 Å². The van der Waals surface area contributed by atoms with Gasteiger partial charge in [-0.05, 0) is 51.1 Å². The van der Waals surface area contributed by atoms with Gasteiger partial charge < -0.3 is 5.32 Å². The van der Waals surface area contributed by atoms with Gasteiger partial charge in [-0.2, -0.15) is 5.26 Å². The zero-order valence-electron chi connectivity index (χ0n) is 11.8. The van der Waals surface area contributed by atoms with Crippen LogP contribution in [-0.2, 0) is 0 Å². The fourth-order valence-corrected chi connectivity index (χ4v) is 1.97. The first-order chi connectivity index (χ1) is 7.30. The molecule has 0 amide bonds. The van der Waals surface area contributed by atoms with E-state index in [0.717, 1.165) is 37.3 Å². The molecule has 0 unspecified atom stereocenters. The lowest BCUT2D eigenvalue weighted by molar-refractivity contribution is 0.272. The van der Waals surface area contributed by atoms with Crippen LogP contribution >= 0.6 is 0 Å². The van der Waals surface area contributed by atoms with Crippen LogP contribution in [0.1, 0.15) is 48.0 Å². The fraction of sp³-hybridized carbons (Fsp3) is 0.929. The van der Waals surface area contributed by atoms with Gasteiger partial charge >= 0.3 is 0 Å². The molecule has 0 saturated heterocycles. The highest BCUT2D eigenvalue weighted by Crippen LogP contribution is 2.20. The van der Waals surface area contributed by atoms with E-state index in [-0.39, 0.29) is 5.41 Å². The summed E-state index contributed by atoms with van der Waals surface area (Å²) in [6, 6.07) is 2.33. The average Bonchev–Trinajstić information content (AvgIpc) is 2.16. The van der Waals surface area contributed by atoms with E-state index in [1.165, 1.54) is 0 Å². The zero-order valence-corrected chi connectivity index (χ0v) is 11.8. The quantitative estimate of drug-likeness (QED) is 0.672. The number of rotatable bonds is 7. The summed E-state index contributed by atoms with van der Waals surface area (Å²) >= 11 is 0. The van der Waals surface area contributed by atoms with E-state index in [1.54, 1.807) is 0 Å². The molecule has 0 heterocycles. The van der Waals surface area contributed by atoms with Crippen LogP contribution in [0.5, 0.6) is 0 Å². The standard InChI is InChI=1S/C14H28N2/c1-11(2)13(12(3)4)9-16-8-7-14(5,6)10-15/h11-13,16H,7-9H2,1-6H3. The highest BCUT2D eigenvalue weighted by Gasteiger charge is 2.18. The Labute approximate surface area is 101 Å². The molecule has 0 fully saturated rings. The van der Waals surface area contributed by atoms with Crippen LogP contribution in [0.3, 0.4) is 0 Å². The molecule has 0 aromatic heterocycles. The molecule has 0 saturated carbocycles. The van der Waals surface area contributed by atoms with Crippen LogP contribution in [-0.4, -0.2) is 13.1 Å². The Hall–Kier alpha value is -0.550. The number of hydrogen-bond acceptors (Lipinski definition) is 2. The summed E-state index contributed by atoms with van der Waals surface area (Å²) in [7, 11) is 0. The van der Waals surface area contributed by atoms with Crippen molar-refractivity contribution in [3.8, 4) is 6.07 Å². The predicted octanol–water partition coefficient (Wildman–Crippen LogP) is 3.44. The van der Waals surface area contributed by atoms with Crippen LogP contribution in [0, 0.1) is 34.5 Å². The maximum Gasteiger partial charge on any atom is 0.0684 e. The molecule has 0 aromatic carbocycles. The normalized spacial score (nSPS) is 12.5. The van der Waals surface area contributed by atoms with Gasteiger partial charge in [0, 0.05) is 0 Å². The van der Waals surface area contributed by atoms with Crippen molar-refractivity contribution in [1.82, 2.24) is 5.32 Å². The minimum atomic E-state index is -0.196. The van der Waals surface area contributed by atoms with Gasteiger partial charge in [-0.15, -0.1) is 0 Å². The van der Waals surface area contributed by atoms with Crippen molar-refractivity contribution < 1.29 is 0 Å². The molecule has 16 heavy (non-hydrogen) atoms. The molecule has 0 atom stereocenters. The first-order valence-corrected chi connectivity index (χ1v) is 6.42. The van der Waals surface area contributed by atoms with E-state index < -0.39 is 0 Å². The van der Waals surface area contributed by atoms with Gasteiger partial charge in [0.1, 0.15) is 0 Å². The van der Waals surface area contributed by atoms with Crippen LogP contribution in [0.25, 0.3) is 0 Å². The Balaban J connectivity index is 3.85. The Morgan fingerprint density at radius 3 is 2.00 bits per heavy atom. The van der Waals surface area contributed by atoms with Gasteiger partial charge in [0.05, 0.1) is 11.5 Å². The summed E-state index contributed by atoms with van der Waals surface area (Å²) in [6.45, 7) is 15.1. The van der Waals surface area contributed by atoms with Gasteiger partial charge in [0.2, 0.25) is 0 Å². The summed E-state index contributed by atoms with van der Waals surface area (Å²) in [6.07, 6.45) is 0.923. The molecule has 0 aliphatic heterocycles. The molecule has 94 valence electrons. The minimum Gasteiger partial charge on any atom is -0.316 e. The van der Waals surface area contributed by atoms with Crippen LogP contribution in [0.2, 0.25) is 0 Å². The second-order valence-electron chi connectivity index (χ2n) is 6.10. The molecule has 2 heteroatoms. The summed E-state index contributed by atoms with van der Waals surface area (Å²) in [5.74, 6) is 2.16. The van der Waals surface area contributed by atoms with E-state index in [1.807, 2.05) is 13.8 Å². The maximum absolute atomic E-state index is 8.90. The maximum atomic E-state index is 8.90. The highest BCUT2D eigenvalue weighted by molar-refractivity contribution is 4.91. The summed E-state index contributed by atoms with van der Waals surface area (Å²) in [4.78, 5) is 0. The molecular formula is C14H28N2. The molecule has 0 bridgehead atoms. The first-order valence-electron chi connectivity index (χ1n) is 6.42. The lowest BCUT2D eigenvalue weighted by Gasteiger charge is -2.25. The fourth-order valence-electron chi connectivity index (χ4n) is 1.97. The Morgan fingerprint density at radius 2 is 1.62 bits per heavy atom. The van der Waals surface area contributed by atoms with Crippen LogP contribution in [0.4, 0.5) is 0 Å². The summed E-state index contributed by atoms with van der Waals surface area (Å²) in [5, 5.41) is 12.4. The van der Waals surface area contributed by atoms with Gasteiger partial charge in [0.15, 0.2) is 0 Å². The molecule has 0 radical (unpaired) electrons. The average molecular weight is 224 g/mol. The predicted molar refractivity (Wildman–Crippen MR) is 70.0 cm³/mol. The molecule has 0 rings (SSSR count). The molecule has 0 spiro atoms. The Morgan fingerprint density at radius 1 is 1.12 bits per heavy atom. The lowest BCUT2D eigenvalue weighted by atomic mass is 9.85. The van der Waals surface area contributed by atoms with Crippen molar-refractivity contribution in [2.45, 2.75) is 48.0 Å². The summed E-state index contributed by atoms with van der Waals surface area (Å²) < 4.78 is 0. The first kappa shape index (κ1) is 15.4. The van der Waals surface area contributed by atoms with E-state index in [4.69, 9.17) is 5.26 Å². The minimum absolute atomic E-state index is 0.196. The number of nitrogens with one attached hydrogen (secondary N) is 1. The third-order valence-electron chi connectivity index (χ3n) is 3.32. The van der Waals surface area contributed by atoms with Gasteiger partial charge in [0.25, 0.3) is 0 Å². The third-order valence-corrected chi connectivity index (χ3v) is 3.32. The number of hydrogen-bond donors (Lipinski definition) is 1. The van der Waals surface area contributed by atoms with Crippen molar-refractivity contribution >= 4 is 0 Å². The number of nitrogens with zero attached hydrogens (tertiary/aromatic N) is 1. The molecule has 1 N–H and O–H groups in total. The highest BCUT2D eigenvalue weighted by atomic mass is 14.9. The monoisotopic (exact) mass is 224 g/mol. The van der Waals surface area contributed by atoms with E-state index in [0.29, 0.717) is 0 Å². The van der Waals surface area contributed by atoms with E-state index >= 15 is 0 Å². The van der Waals surface area contributed by atoms with Crippen molar-refractivity contribution in [3.05, 3.63) is 0 Å². The SMILES string of the molecule is CC(C)C(CNCCC(C)(C)C#N)C(C)C. The molecular weight excluding hydrogens is 196 g/mol. The molecule has 2 nitrogen and oxygen atoms in total. The zero-order chi connectivity index (χ0) is 12.8. The second-order valence-corrected chi connectivity index (χ2v) is 6.10. The molecule has 0 aliphatic carbocycles. The lowest BCUT2D eigenvalue weighted by Crippen LogP contribution is -2.31. The number of nitriles is 1. The third kappa shape index (κ3) is 6.12. The largest absolute Gasteiger partial charge is 0.316 e. The van der Waals surface area contributed by atoms with E-state index in [2.05, 4.69) is 39.1 Å². The van der Waals surface area contributed by atoms with Crippen molar-refractivity contribution in [2.75, 3.05) is 13.1 Å². The van der Waals surface area contributed by atoms with Crippen molar-refractivity contribution in [3.63, 3.8) is 0 Å². The molecule has 0 aliphatic rings. The smallest absolute Gasteiger partial charge is 0.0684 e. The van der Waals surface area contributed by atoms with Gasteiger partial charge in [-0.1, -0.05) is 27.7 Å². The summed E-state index contributed by atoms with van der Waals surface area (Å²) in [5.41, 5.74) is -0.196. The van der Waals surface area contributed by atoms with E-state index in [9.17, 15) is 0 Å². The van der Waals surface area contributed by atoms with Crippen molar-refractivity contribution in [2.24, 2.45) is 23.2 Å². The second kappa shape index (κ2) is 6.91. The van der Waals surface area contributed by atoms with Gasteiger partial charge in [-0.25, -0.2) is 0 Å². The molecule has 0 aromatic rings. The van der Waals surface area contributed by atoms with Crippen LogP contribution < -0.4 is 5.32 Å². The Kier molecular flexibility index (Phi) is 6.67. The van der Waals surface area contributed by atoms with Gasteiger partial charge in [-0.3, -0.25) is 0 Å². The Bertz CT molecular complexity index is 215. The topological polar surface area (TPSA) is 35.8 Å². The van der Waals surface area contributed by atoms with Crippen molar-refractivity contribution in [1.29, 1.82) is 5.26 Å².